The van der Waals surface area contributed by atoms with E-state index in [9.17, 15) is 4.79 Å². The van der Waals surface area contributed by atoms with Crippen molar-refractivity contribution in [2.45, 2.75) is 6.92 Å². The molecule has 0 spiro atoms. The van der Waals surface area contributed by atoms with Crippen molar-refractivity contribution in [3.63, 3.8) is 0 Å². The van der Waals surface area contributed by atoms with Crippen LogP contribution >= 0.6 is 11.3 Å². The maximum atomic E-state index is 12.2. The molecular weight excluding hydrogens is 316 g/mol. The number of methoxy groups -OCH3 is 1. The van der Waals surface area contributed by atoms with Crippen LogP contribution < -0.4 is 10.2 Å². The lowest BCUT2D eigenvalue weighted by Gasteiger charge is -2.28. The quantitative estimate of drug-likeness (QED) is 0.827. The molecule has 124 valence electrons. The number of nitrogens with one attached hydrogen (secondary N) is 1. The second kappa shape index (κ2) is 7.20. The van der Waals surface area contributed by atoms with Crippen molar-refractivity contribution in [1.29, 1.82) is 0 Å². The highest BCUT2D eigenvalue weighted by Crippen LogP contribution is 2.32. The predicted molar refractivity (Wildman–Crippen MR) is 89.4 cm³/mol. The van der Waals surface area contributed by atoms with Crippen molar-refractivity contribution in [3.8, 4) is 0 Å². The number of carbonyl (C=O) groups is 1. The zero-order chi connectivity index (χ0) is 16.2. The molecule has 0 aliphatic carbocycles. The van der Waals surface area contributed by atoms with Crippen LogP contribution in [0.3, 0.4) is 0 Å². The van der Waals surface area contributed by atoms with Gasteiger partial charge in [0.25, 0.3) is 5.91 Å². The van der Waals surface area contributed by atoms with Crippen LogP contribution in [0.5, 0.6) is 0 Å². The Morgan fingerprint density at radius 2 is 2.22 bits per heavy atom. The van der Waals surface area contributed by atoms with Crippen molar-refractivity contribution >= 4 is 33.3 Å². The first-order chi connectivity index (χ1) is 11.2. The number of aromatic nitrogens is 2. The summed E-state index contributed by atoms with van der Waals surface area (Å²) < 4.78 is 11.3. The third-order valence-electron chi connectivity index (χ3n) is 3.59. The number of hydrogen-bond donors (Lipinski definition) is 1. The van der Waals surface area contributed by atoms with Crippen LogP contribution in [-0.4, -0.2) is 62.4 Å². The molecule has 0 atom stereocenters. The van der Waals surface area contributed by atoms with Crippen LogP contribution in [0.15, 0.2) is 6.07 Å². The summed E-state index contributed by atoms with van der Waals surface area (Å²) in [6.07, 6.45) is 0. The van der Waals surface area contributed by atoms with Gasteiger partial charge in [-0.05, 0) is 13.0 Å². The summed E-state index contributed by atoms with van der Waals surface area (Å²) in [6.45, 7) is 5.86. The molecule has 8 heteroatoms. The zero-order valence-corrected chi connectivity index (χ0v) is 14.1. The number of ether oxygens (including phenoxy) is 2. The first kappa shape index (κ1) is 16.1. The van der Waals surface area contributed by atoms with Crippen LogP contribution in [0, 0.1) is 6.92 Å². The minimum absolute atomic E-state index is 0.101. The highest BCUT2D eigenvalue weighted by molar-refractivity contribution is 7.21. The normalized spacial score (nSPS) is 15.1. The lowest BCUT2D eigenvalue weighted by molar-refractivity contribution is 0.0941. The number of nitrogens with zero attached hydrogens (tertiary/aromatic N) is 3. The Balaban J connectivity index is 1.90. The minimum Gasteiger partial charge on any atom is -0.383 e. The fourth-order valence-electron chi connectivity index (χ4n) is 2.48. The smallest absolute Gasteiger partial charge is 0.261 e. The first-order valence-corrected chi connectivity index (χ1v) is 8.38. The maximum absolute atomic E-state index is 12.2. The summed E-state index contributed by atoms with van der Waals surface area (Å²) in [4.78, 5) is 24.1. The van der Waals surface area contributed by atoms with Gasteiger partial charge in [0.05, 0.1) is 34.9 Å². The minimum atomic E-state index is -0.101. The molecule has 0 saturated carbocycles. The van der Waals surface area contributed by atoms with E-state index < -0.39 is 0 Å². The fourth-order valence-corrected chi connectivity index (χ4v) is 3.51. The number of thiophene rings is 1. The summed E-state index contributed by atoms with van der Waals surface area (Å²) in [5, 5.41) is 2.84. The van der Waals surface area contributed by atoms with Crippen LogP contribution in [0.25, 0.3) is 10.2 Å². The SMILES string of the molecule is COCCNC(=O)c1cc2nc(C)nc(N3CCOCC3)c2s1. The van der Waals surface area contributed by atoms with E-state index in [0.717, 1.165) is 29.1 Å². The monoisotopic (exact) mass is 336 g/mol. The summed E-state index contributed by atoms with van der Waals surface area (Å²) >= 11 is 1.43. The molecule has 7 nitrogen and oxygen atoms in total. The Morgan fingerprint density at radius 1 is 1.43 bits per heavy atom. The molecule has 1 saturated heterocycles. The summed E-state index contributed by atoms with van der Waals surface area (Å²) in [7, 11) is 1.61. The molecule has 1 amide bonds. The van der Waals surface area contributed by atoms with E-state index in [1.54, 1.807) is 7.11 Å². The van der Waals surface area contributed by atoms with Crippen molar-refractivity contribution in [2.24, 2.45) is 0 Å². The number of aryl methyl sites for hydroxylation is 1. The van der Waals surface area contributed by atoms with Crippen molar-refractivity contribution in [3.05, 3.63) is 16.8 Å². The van der Waals surface area contributed by atoms with Gasteiger partial charge in [0.15, 0.2) is 5.82 Å². The van der Waals surface area contributed by atoms with E-state index >= 15 is 0 Å². The van der Waals surface area contributed by atoms with Gasteiger partial charge < -0.3 is 19.7 Å². The Hall–Kier alpha value is -1.77. The molecule has 1 N–H and O–H groups in total. The third-order valence-corrected chi connectivity index (χ3v) is 4.71. The van der Waals surface area contributed by atoms with Gasteiger partial charge in [-0.2, -0.15) is 0 Å². The van der Waals surface area contributed by atoms with Crippen LogP contribution in [0.1, 0.15) is 15.5 Å². The summed E-state index contributed by atoms with van der Waals surface area (Å²) in [5.41, 5.74) is 0.820. The fraction of sp³-hybridized carbons (Fsp3) is 0.533. The second-order valence-electron chi connectivity index (χ2n) is 5.27. The van der Waals surface area contributed by atoms with Gasteiger partial charge in [-0.25, -0.2) is 9.97 Å². The molecule has 2 aromatic heterocycles. The van der Waals surface area contributed by atoms with Gasteiger partial charge in [0.2, 0.25) is 0 Å². The predicted octanol–water partition coefficient (Wildman–Crippen LogP) is 1.21. The Labute approximate surface area is 138 Å². The van der Waals surface area contributed by atoms with Crippen molar-refractivity contribution in [1.82, 2.24) is 15.3 Å². The molecule has 0 radical (unpaired) electrons. The lowest BCUT2D eigenvalue weighted by atomic mass is 10.3. The van der Waals surface area contributed by atoms with Crippen LogP contribution in [-0.2, 0) is 9.47 Å². The summed E-state index contributed by atoms with van der Waals surface area (Å²) in [5.74, 6) is 1.51. The highest BCUT2D eigenvalue weighted by atomic mass is 32.1. The molecule has 1 aliphatic heterocycles. The Bertz CT molecular complexity index is 697. The molecule has 2 aromatic rings. The topological polar surface area (TPSA) is 76.6 Å². The molecule has 1 aliphatic rings. The highest BCUT2D eigenvalue weighted by Gasteiger charge is 2.20. The van der Waals surface area contributed by atoms with Gasteiger partial charge in [-0.1, -0.05) is 0 Å². The number of carbonyl (C=O) groups excluding carboxylic acids is 1. The van der Waals surface area contributed by atoms with E-state index in [-0.39, 0.29) is 5.91 Å². The molecule has 3 rings (SSSR count). The van der Waals surface area contributed by atoms with Crippen molar-refractivity contribution in [2.75, 3.05) is 51.5 Å². The maximum Gasteiger partial charge on any atom is 0.261 e. The molecule has 1 fully saturated rings. The van der Waals surface area contributed by atoms with E-state index in [2.05, 4.69) is 20.2 Å². The van der Waals surface area contributed by atoms with Gasteiger partial charge in [-0.15, -0.1) is 11.3 Å². The van der Waals surface area contributed by atoms with E-state index in [0.29, 0.717) is 37.1 Å². The average molecular weight is 336 g/mol. The number of amides is 1. The molecule has 0 unspecified atom stereocenters. The van der Waals surface area contributed by atoms with E-state index in [1.807, 2.05) is 13.0 Å². The van der Waals surface area contributed by atoms with Crippen LogP contribution in [0.2, 0.25) is 0 Å². The zero-order valence-electron chi connectivity index (χ0n) is 13.3. The number of anilines is 1. The van der Waals surface area contributed by atoms with Crippen molar-refractivity contribution < 1.29 is 14.3 Å². The number of fused-ring (bicyclic) bond motifs is 1. The van der Waals surface area contributed by atoms with Crippen LogP contribution in [0.4, 0.5) is 5.82 Å². The van der Waals surface area contributed by atoms with Gasteiger partial charge >= 0.3 is 0 Å². The molecule has 0 bridgehead atoms. The van der Waals surface area contributed by atoms with Gasteiger partial charge in [0, 0.05) is 26.7 Å². The number of rotatable bonds is 5. The lowest BCUT2D eigenvalue weighted by Crippen LogP contribution is -2.36. The third kappa shape index (κ3) is 3.60. The molecule has 23 heavy (non-hydrogen) atoms. The van der Waals surface area contributed by atoms with E-state index in [4.69, 9.17) is 9.47 Å². The average Bonchev–Trinajstić information content (AvgIpc) is 2.99. The first-order valence-electron chi connectivity index (χ1n) is 7.57. The largest absolute Gasteiger partial charge is 0.383 e. The summed E-state index contributed by atoms with van der Waals surface area (Å²) in [6, 6.07) is 1.83. The number of hydrogen-bond acceptors (Lipinski definition) is 7. The molecular formula is C15H20N4O3S. The Kier molecular flexibility index (Phi) is 5.04. The van der Waals surface area contributed by atoms with Gasteiger partial charge in [-0.3, -0.25) is 4.79 Å². The standard InChI is InChI=1S/C15H20N4O3S/c1-10-17-11-9-12(15(20)16-3-6-21-2)23-13(11)14(18-10)19-4-7-22-8-5-19/h9H,3-8H2,1-2H3,(H,16,20). The Morgan fingerprint density at radius 3 is 2.96 bits per heavy atom. The second-order valence-corrected chi connectivity index (χ2v) is 6.32. The van der Waals surface area contributed by atoms with Gasteiger partial charge in [0.1, 0.15) is 5.82 Å². The number of morpholine rings is 1. The molecule has 3 heterocycles. The van der Waals surface area contributed by atoms with E-state index in [1.165, 1.54) is 11.3 Å². The molecule has 0 aromatic carbocycles.